The second kappa shape index (κ2) is 13.4. The number of nitrogens with zero attached hydrogens (tertiary/aromatic N) is 6. The van der Waals surface area contributed by atoms with Crippen molar-refractivity contribution in [2.45, 2.75) is 58.4 Å². The summed E-state index contributed by atoms with van der Waals surface area (Å²) >= 11 is 0. The van der Waals surface area contributed by atoms with Crippen molar-refractivity contribution in [2.24, 2.45) is 0 Å². The Morgan fingerprint density at radius 2 is 1.85 bits per heavy atom. The van der Waals surface area contributed by atoms with Gasteiger partial charge in [-0.25, -0.2) is 13.6 Å². The van der Waals surface area contributed by atoms with Gasteiger partial charge in [-0.1, -0.05) is 36.8 Å². The minimum Gasteiger partial charge on any atom is -0.416 e. The monoisotopic (exact) mass is 562 g/mol. The number of hydrogen-bond donors (Lipinski definition) is 2. The molecule has 2 saturated heterocycles. The maximum absolute atomic E-state index is 12.9. The van der Waals surface area contributed by atoms with Crippen LogP contribution in [0.1, 0.15) is 43.2 Å². The highest BCUT2D eigenvalue weighted by Crippen LogP contribution is 2.27. The van der Waals surface area contributed by atoms with Gasteiger partial charge in [0, 0.05) is 38.3 Å². The van der Waals surface area contributed by atoms with Crippen LogP contribution < -0.4 is 16.2 Å². The van der Waals surface area contributed by atoms with Crippen molar-refractivity contribution >= 4 is 21.2 Å². The minimum absolute atomic E-state index is 0.0497. The Balaban J connectivity index is 0.00000172. The molecule has 4 heterocycles. The molecule has 0 bridgehead atoms. The first-order valence-electron chi connectivity index (χ1n) is 13.2. The van der Waals surface area contributed by atoms with Gasteiger partial charge in [0.15, 0.2) is 18.3 Å². The van der Waals surface area contributed by atoms with E-state index in [-0.39, 0.29) is 34.7 Å². The summed E-state index contributed by atoms with van der Waals surface area (Å²) in [6.45, 7) is 8.88. The number of nitrogens with two attached hydrogens (primary N) is 1. The number of aromatic amines is 1. The molecular formula is C26H37F2N8O2P. The number of likely N-dealkylation sites (tertiary alicyclic amines) is 1. The highest BCUT2D eigenvalue weighted by atomic mass is 31.1. The Bertz CT molecular complexity index is 1260. The Labute approximate surface area is 229 Å². The van der Waals surface area contributed by atoms with E-state index in [1.807, 2.05) is 4.90 Å². The number of alkyl halides is 1. The quantitative estimate of drug-likeness (QED) is 0.417. The maximum Gasteiger partial charge on any atom is 0.291 e. The Morgan fingerprint density at radius 1 is 1.13 bits per heavy atom. The van der Waals surface area contributed by atoms with Crippen molar-refractivity contribution in [3.63, 3.8) is 0 Å². The second-order valence-electron chi connectivity index (χ2n) is 10.0. The van der Waals surface area contributed by atoms with E-state index in [1.165, 1.54) is 11.1 Å². The third kappa shape index (κ3) is 6.80. The van der Waals surface area contributed by atoms with Crippen LogP contribution in [0.25, 0.3) is 11.6 Å². The highest BCUT2D eigenvalue weighted by molar-refractivity contribution is 7.09. The summed E-state index contributed by atoms with van der Waals surface area (Å²) in [5, 5.41) is 7.33. The van der Waals surface area contributed by atoms with E-state index in [4.69, 9.17) is 10.2 Å². The number of hydrogen-bond acceptors (Lipinski definition) is 9. The van der Waals surface area contributed by atoms with Gasteiger partial charge in [0.1, 0.15) is 5.69 Å². The molecule has 0 saturated carbocycles. The molecule has 2 unspecified atom stereocenters. The zero-order valence-electron chi connectivity index (χ0n) is 22.4. The first kappa shape index (κ1) is 29.0. The molecular weight excluding hydrogens is 525 g/mol. The molecule has 2 fully saturated rings. The fraction of sp³-hybridized carbons (Fsp3) is 0.538. The third-order valence-electron chi connectivity index (χ3n) is 7.57. The van der Waals surface area contributed by atoms with Crippen LogP contribution in [0.15, 0.2) is 33.5 Å². The summed E-state index contributed by atoms with van der Waals surface area (Å²) in [6.07, 6.45) is 3.28. The van der Waals surface area contributed by atoms with Gasteiger partial charge in [-0.2, -0.15) is 0 Å². The summed E-state index contributed by atoms with van der Waals surface area (Å²) in [5.74, 6) is 0.131. The first-order chi connectivity index (χ1) is 18.9. The number of piperidine rings is 1. The molecule has 3 aromatic rings. The van der Waals surface area contributed by atoms with Crippen LogP contribution in [0, 0.1) is 6.92 Å². The van der Waals surface area contributed by atoms with Crippen molar-refractivity contribution in [3.05, 3.63) is 51.6 Å². The zero-order chi connectivity index (χ0) is 27.9. The van der Waals surface area contributed by atoms with Crippen LogP contribution in [-0.2, 0) is 13.2 Å². The molecule has 2 aliphatic rings. The summed E-state index contributed by atoms with van der Waals surface area (Å²) < 4.78 is 27.4. The smallest absolute Gasteiger partial charge is 0.291 e. The van der Waals surface area contributed by atoms with Crippen molar-refractivity contribution in [1.82, 2.24) is 30.0 Å². The molecule has 2 atom stereocenters. The van der Waals surface area contributed by atoms with Crippen LogP contribution in [-0.4, -0.2) is 74.8 Å². The molecule has 2 aliphatic heterocycles. The van der Waals surface area contributed by atoms with Crippen molar-refractivity contribution in [1.29, 1.82) is 0 Å². The molecule has 0 aliphatic carbocycles. The predicted octanol–water partition coefficient (Wildman–Crippen LogP) is 3.49. The fourth-order valence-electron chi connectivity index (χ4n) is 5.51. The molecule has 0 radical (unpaired) electrons. The lowest BCUT2D eigenvalue weighted by Gasteiger charge is -2.47. The van der Waals surface area contributed by atoms with Gasteiger partial charge in [0.25, 0.3) is 11.4 Å². The lowest BCUT2D eigenvalue weighted by Crippen LogP contribution is -2.59. The SMILES string of the molecule is CCC1CN(c2nc(N)c(-c3nnc(CF)o3)[nH]c2=O)CCN1C1CCN(Cc2ccc(C)cc2)CC1.FP. The topological polar surface area (TPSA) is 120 Å². The average molecular weight is 563 g/mol. The van der Waals surface area contributed by atoms with E-state index in [2.05, 4.69) is 68.1 Å². The van der Waals surface area contributed by atoms with E-state index < -0.39 is 6.67 Å². The molecule has 0 amide bonds. The van der Waals surface area contributed by atoms with Crippen LogP contribution in [0.5, 0.6) is 0 Å². The van der Waals surface area contributed by atoms with E-state index in [9.17, 15) is 13.4 Å². The predicted molar refractivity (Wildman–Crippen MR) is 151 cm³/mol. The van der Waals surface area contributed by atoms with Gasteiger partial charge in [-0.3, -0.25) is 14.6 Å². The number of piperazine rings is 1. The Hall–Kier alpha value is -2.95. The molecule has 3 N–H and O–H groups in total. The van der Waals surface area contributed by atoms with Gasteiger partial charge in [0.05, 0.1) is 9.55 Å². The lowest BCUT2D eigenvalue weighted by atomic mass is 9.97. The van der Waals surface area contributed by atoms with Crippen LogP contribution >= 0.6 is 9.55 Å². The van der Waals surface area contributed by atoms with E-state index in [0.717, 1.165) is 55.0 Å². The normalized spacial score (nSPS) is 19.1. The Kier molecular flexibility index (Phi) is 9.99. The molecule has 0 spiro atoms. The van der Waals surface area contributed by atoms with Gasteiger partial charge < -0.3 is 20.0 Å². The van der Waals surface area contributed by atoms with Crippen LogP contribution in [0.4, 0.5) is 20.2 Å². The van der Waals surface area contributed by atoms with Crippen LogP contribution in [0.2, 0.25) is 0 Å². The molecule has 39 heavy (non-hydrogen) atoms. The molecule has 1 aromatic carbocycles. The second-order valence-corrected chi connectivity index (χ2v) is 10.0. The summed E-state index contributed by atoms with van der Waals surface area (Å²) in [7, 11) is 0.917. The third-order valence-corrected chi connectivity index (χ3v) is 7.57. The number of aromatic nitrogens is 4. The van der Waals surface area contributed by atoms with Crippen molar-refractivity contribution in [3.8, 4) is 11.6 Å². The fourth-order valence-corrected chi connectivity index (χ4v) is 5.51. The highest BCUT2D eigenvalue weighted by Gasteiger charge is 2.34. The summed E-state index contributed by atoms with van der Waals surface area (Å²) in [4.78, 5) is 27.2. The van der Waals surface area contributed by atoms with E-state index >= 15 is 0 Å². The number of rotatable bonds is 7. The number of halogens is 2. The van der Waals surface area contributed by atoms with Crippen LogP contribution in [0.3, 0.4) is 0 Å². The van der Waals surface area contributed by atoms with Gasteiger partial charge in [-0.15, -0.1) is 10.2 Å². The number of aryl methyl sites for hydroxylation is 1. The maximum atomic E-state index is 12.9. The van der Waals surface area contributed by atoms with Crippen molar-refractivity contribution in [2.75, 3.05) is 43.4 Å². The van der Waals surface area contributed by atoms with Gasteiger partial charge in [0.2, 0.25) is 5.89 Å². The Morgan fingerprint density at radius 3 is 2.49 bits per heavy atom. The summed E-state index contributed by atoms with van der Waals surface area (Å²) in [5.41, 5.74) is 8.52. The largest absolute Gasteiger partial charge is 0.416 e. The number of H-pyrrole nitrogens is 1. The molecule has 212 valence electrons. The molecule has 2 aromatic heterocycles. The van der Waals surface area contributed by atoms with E-state index in [1.54, 1.807) is 0 Å². The first-order valence-corrected chi connectivity index (χ1v) is 13.7. The number of anilines is 2. The number of nitrogen functional groups attached to an aromatic ring is 1. The summed E-state index contributed by atoms with van der Waals surface area (Å²) in [6, 6.07) is 9.69. The molecule has 13 heteroatoms. The standard InChI is InChI=1S/C26H35FN8O2.FH2P/c1-3-19-16-34(24-25(36)29-22(23(28)30-24)26-32-31-21(14-27)37-26)12-13-35(19)20-8-10-33(11-9-20)15-18-6-4-17(2)5-7-18;1-2/h4-7,19-20H,3,8-16H2,1-2H3,(H2,28,30)(H,29,36);2H2. The molecule has 10 nitrogen and oxygen atoms in total. The van der Waals surface area contributed by atoms with Crippen molar-refractivity contribution < 1.29 is 13.0 Å². The number of benzene rings is 1. The van der Waals surface area contributed by atoms with E-state index in [0.29, 0.717) is 25.2 Å². The lowest BCUT2D eigenvalue weighted by molar-refractivity contribution is 0.0610. The molecule has 5 rings (SSSR count). The van der Waals surface area contributed by atoms with Gasteiger partial charge >= 0.3 is 0 Å². The zero-order valence-corrected chi connectivity index (χ0v) is 23.6. The average Bonchev–Trinajstić information content (AvgIpc) is 3.46. The van der Waals surface area contributed by atoms with Gasteiger partial charge in [-0.05, 0) is 44.8 Å². The number of nitrogens with one attached hydrogen (secondary N) is 1. The minimum atomic E-state index is -0.892.